The van der Waals surface area contributed by atoms with E-state index in [1.54, 1.807) is 11.8 Å². The van der Waals surface area contributed by atoms with Gasteiger partial charge in [0.25, 0.3) is 0 Å². The summed E-state index contributed by atoms with van der Waals surface area (Å²) in [5, 5.41) is 3.24. The first-order valence-corrected chi connectivity index (χ1v) is 10.2. The Morgan fingerprint density at radius 2 is 1.48 bits per heavy atom. The molecule has 3 aromatic carbocycles. The monoisotopic (exact) mass is 409 g/mol. The van der Waals surface area contributed by atoms with Crippen LogP contribution in [0.2, 0.25) is 10.0 Å². The number of para-hydroxylation sites is 3. The molecule has 0 saturated heterocycles. The van der Waals surface area contributed by atoms with Crippen molar-refractivity contribution in [3.05, 3.63) is 82.3 Å². The number of halogens is 2. The van der Waals surface area contributed by atoms with E-state index in [0.29, 0.717) is 15.8 Å². The molecule has 0 aliphatic rings. The van der Waals surface area contributed by atoms with Gasteiger partial charge < -0.3 is 0 Å². The second-order valence-electron chi connectivity index (χ2n) is 6.16. The Balaban J connectivity index is 1.72. The molecule has 2 heterocycles. The largest absolute Gasteiger partial charge is 0.271 e. The highest BCUT2D eigenvalue weighted by atomic mass is 35.5. The summed E-state index contributed by atoms with van der Waals surface area (Å²) in [6, 6.07) is 21.8. The zero-order valence-electron chi connectivity index (χ0n) is 14.1. The molecule has 0 radical (unpaired) electrons. The zero-order valence-corrected chi connectivity index (χ0v) is 16.4. The second kappa shape index (κ2) is 6.71. The number of hydrogen-bond donors (Lipinski definition) is 0. The molecule has 27 heavy (non-hydrogen) atoms. The van der Waals surface area contributed by atoms with Crippen molar-refractivity contribution in [3.63, 3.8) is 0 Å². The topological polar surface area (TPSA) is 30.2 Å². The summed E-state index contributed by atoms with van der Waals surface area (Å²) < 4.78 is 2.12. The summed E-state index contributed by atoms with van der Waals surface area (Å²) in [4.78, 5) is 9.75. The summed E-state index contributed by atoms with van der Waals surface area (Å²) in [6.07, 6.45) is 0. The van der Waals surface area contributed by atoms with E-state index in [-0.39, 0.29) is 0 Å². The first-order valence-electron chi connectivity index (χ1n) is 8.44. The number of nitrogens with zero attached hydrogens (tertiary/aromatic N) is 3. The maximum atomic E-state index is 6.35. The lowest BCUT2D eigenvalue weighted by atomic mass is 10.2. The molecule has 6 heteroatoms. The van der Waals surface area contributed by atoms with Crippen LogP contribution in [0, 0.1) is 0 Å². The molecule has 5 aromatic rings. The minimum absolute atomic E-state index is 0.630. The minimum Gasteiger partial charge on any atom is -0.271 e. The molecule has 3 nitrogen and oxygen atoms in total. The summed E-state index contributed by atoms with van der Waals surface area (Å²) in [6.45, 7) is 0. The van der Waals surface area contributed by atoms with Crippen molar-refractivity contribution < 1.29 is 0 Å². The van der Waals surface area contributed by atoms with Crippen LogP contribution in [-0.4, -0.2) is 14.4 Å². The number of fused-ring (bicyclic) bond motifs is 5. The van der Waals surface area contributed by atoms with Crippen LogP contribution in [-0.2, 0) is 5.75 Å². The molecule has 0 aliphatic heterocycles. The van der Waals surface area contributed by atoms with Crippen molar-refractivity contribution in [2.45, 2.75) is 10.9 Å². The minimum atomic E-state index is 0.630. The van der Waals surface area contributed by atoms with Crippen LogP contribution >= 0.6 is 35.0 Å². The van der Waals surface area contributed by atoms with Gasteiger partial charge in [-0.05, 0) is 42.0 Å². The number of hydrogen-bond acceptors (Lipinski definition) is 3. The normalized spacial score (nSPS) is 11.6. The molecule has 0 amide bonds. The molecule has 0 atom stereocenters. The Kier molecular flexibility index (Phi) is 4.20. The van der Waals surface area contributed by atoms with Gasteiger partial charge in [0, 0.05) is 21.2 Å². The lowest BCUT2D eigenvalue weighted by molar-refractivity contribution is 0.952. The lowest BCUT2D eigenvalue weighted by Gasteiger charge is -2.10. The maximum Gasteiger partial charge on any atom is 0.175 e. The van der Waals surface area contributed by atoms with E-state index in [2.05, 4.69) is 16.5 Å². The highest BCUT2D eigenvalue weighted by molar-refractivity contribution is 7.98. The summed E-state index contributed by atoms with van der Waals surface area (Å²) in [5.41, 5.74) is 4.74. The van der Waals surface area contributed by atoms with Crippen molar-refractivity contribution in [2.75, 3.05) is 0 Å². The molecule has 0 unspecified atom stereocenters. The van der Waals surface area contributed by atoms with Gasteiger partial charge in [-0.1, -0.05) is 65.3 Å². The number of imidazole rings is 1. The van der Waals surface area contributed by atoms with E-state index < -0.39 is 0 Å². The summed E-state index contributed by atoms with van der Waals surface area (Å²) in [5.74, 6) is 0.630. The molecule has 0 saturated carbocycles. The van der Waals surface area contributed by atoms with Gasteiger partial charge in [-0.25, -0.2) is 9.97 Å². The fourth-order valence-electron chi connectivity index (χ4n) is 3.22. The van der Waals surface area contributed by atoms with E-state index in [4.69, 9.17) is 33.2 Å². The number of aromatic nitrogens is 3. The van der Waals surface area contributed by atoms with Crippen molar-refractivity contribution in [1.82, 2.24) is 14.4 Å². The van der Waals surface area contributed by atoms with Gasteiger partial charge in [-0.15, -0.1) is 0 Å². The Morgan fingerprint density at radius 3 is 2.30 bits per heavy atom. The molecular weight excluding hydrogens is 397 g/mol. The molecule has 0 fully saturated rings. The molecule has 5 rings (SSSR count). The molecule has 0 bridgehead atoms. The average Bonchev–Trinajstić information content (AvgIpc) is 3.07. The molecule has 0 aliphatic carbocycles. The average molecular weight is 410 g/mol. The van der Waals surface area contributed by atoms with Gasteiger partial charge >= 0.3 is 0 Å². The third kappa shape index (κ3) is 2.85. The van der Waals surface area contributed by atoms with Gasteiger partial charge in [0.1, 0.15) is 5.65 Å². The van der Waals surface area contributed by atoms with Gasteiger partial charge in [-0.2, -0.15) is 0 Å². The first-order chi connectivity index (χ1) is 13.2. The zero-order chi connectivity index (χ0) is 18.4. The van der Waals surface area contributed by atoms with Crippen LogP contribution in [0.15, 0.2) is 71.9 Å². The van der Waals surface area contributed by atoms with E-state index >= 15 is 0 Å². The van der Waals surface area contributed by atoms with Crippen LogP contribution in [0.25, 0.3) is 27.6 Å². The highest BCUT2D eigenvalue weighted by Gasteiger charge is 2.15. The van der Waals surface area contributed by atoms with Gasteiger partial charge in [0.15, 0.2) is 5.16 Å². The maximum absolute atomic E-state index is 6.35. The quantitative estimate of drug-likeness (QED) is 0.247. The highest BCUT2D eigenvalue weighted by Crippen LogP contribution is 2.34. The Morgan fingerprint density at radius 1 is 0.778 bits per heavy atom. The van der Waals surface area contributed by atoms with Gasteiger partial charge in [-0.3, -0.25) is 4.40 Å². The van der Waals surface area contributed by atoms with Crippen LogP contribution < -0.4 is 0 Å². The summed E-state index contributed by atoms with van der Waals surface area (Å²) >= 11 is 14.3. The fourth-order valence-corrected chi connectivity index (χ4v) is 4.97. The van der Waals surface area contributed by atoms with Gasteiger partial charge in [0.05, 0.1) is 16.6 Å². The first kappa shape index (κ1) is 16.9. The molecule has 132 valence electrons. The molecule has 0 spiro atoms. The van der Waals surface area contributed by atoms with Crippen molar-refractivity contribution in [3.8, 4) is 0 Å². The lowest BCUT2D eigenvalue weighted by Crippen LogP contribution is -1.97. The van der Waals surface area contributed by atoms with Crippen molar-refractivity contribution >= 4 is 62.5 Å². The van der Waals surface area contributed by atoms with Crippen LogP contribution in [0.1, 0.15) is 5.56 Å². The van der Waals surface area contributed by atoms with E-state index in [1.807, 2.05) is 54.6 Å². The summed E-state index contributed by atoms with van der Waals surface area (Å²) in [7, 11) is 0. The second-order valence-corrected chi connectivity index (χ2v) is 7.92. The smallest absolute Gasteiger partial charge is 0.175 e. The number of benzene rings is 3. The van der Waals surface area contributed by atoms with Gasteiger partial charge in [0.2, 0.25) is 0 Å². The number of rotatable bonds is 3. The fraction of sp³-hybridized carbons (Fsp3) is 0.0476. The van der Waals surface area contributed by atoms with E-state index in [0.717, 1.165) is 38.3 Å². The SMILES string of the molecule is Clc1cccc(Cl)c1CSc1nc2ccccc2c2nc3ccccc3n12. The third-order valence-electron chi connectivity index (χ3n) is 4.52. The van der Waals surface area contributed by atoms with Crippen molar-refractivity contribution in [1.29, 1.82) is 0 Å². The third-order valence-corrected chi connectivity index (χ3v) is 6.19. The van der Waals surface area contributed by atoms with Crippen LogP contribution in [0.5, 0.6) is 0 Å². The predicted molar refractivity (Wildman–Crippen MR) is 114 cm³/mol. The van der Waals surface area contributed by atoms with Crippen LogP contribution in [0.3, 0.4) is 0 Å². The Bertz CT molecular complexity index is 1290. The standard InChI is InChI=1S/C21H13Cl2N3S/c22-15-7-5-8-16(23)14(15)12-27-21-25-17-9-2-1-6-13(17)20-24-18-10-3-4-11-19(18)26(20)21/h1-11H,12H2. The molecule has 0 N–H and O–H groups in total. The number of thioether (sulfide) groups is 1. The van der Waals surface area contributed by atoms with Crippen molar-refractivity contribution in [2.24, 2.45) is 0 Å². The van der Waals surface area contributed by atoms with Crippen LogP contribution in [0.4, 0.5) is 0 Å². The molecule has 2 aromatic heterocycles. The van der Waals surface area contributed by atoms with E-state index in [1.165, 1.54) is 0 Å². The Hall–Kier alpha value is -2.27. The predicted octanol–water partition coefficient (Wildman–Crippen LogP) is 6.63. The molecular formula is C21H13Cl2N3S. The Labute approximate surface area is 170 Å². The van der Waals surface area contributed by atoms with E-state index in [9.17, 15) is 0 Å².